The molecule has 4 bridgehead atoms. The number of hydrogen-bond acceptors (Lipinski definition) is 7. The maximum absolute atomic E-state index is 13.9. The van der Waals surface area contributed by atoms with E-state index in [1.807, 2.05) is 51.1 Å². The van der Waals surface area contributed by atoms with Gasteiger partial charge in [-0.05, 0) is 51.6 Å². The summed E-state index contributed by atoms with van der Waals surface area (Å²) in [5.74, 6) is 4.52. The molecule has 0 unspecified atom stereocenters. The van der Waals surface area contributed by atoms with Gasteiger partial charge in [-0.2, -0.15) is 4.98 Å². The van der Waals surface area contributed by atoms with Crippen molar-refractivity contribution in [3.05, 3.63) is 65.0 Å². The van der Waals surface area contributed by atoms with E-state index in [2.05, 4.69) is 39.1 Å². The molecule has 0 saturated carbocycles. The van der Waals surface area contributed by atoms with Crippen molar-refractivity contribution in [2.45, 2.75) is 27.3 Å². The molecule has 4 heterocycles. The van der Waals surface area contributed by atoms with Gasteiger partial charge in [-0.15, -0.1) is 6.42 Å². The number of hydrogen-bond donors (Lipinski definition) is 1. The third-order valence-corrected chi connectivity index (χ3v) is 7.39. The summed E-state index contributed by atoms with van der Waals surface area (Å²) in [5.41, 5.74) is 5.11. The van der Waals surface area contributed by atoms with Gasteiger partial charge in [-0.1, -0.05) is 18.1 Å². The fraction of sp³-hybridized carbons (Fsp3) is 0.367. The number of benzene rings is 1. The molecule has 1 aromatic heterocycles. The Morgan fingerprint density at radius 1 is 1.18 bits per heavy atom. The van der Waals surface area contributed by atoms with Gasteiger partial charge in [-0.25, -0.2) is 9.78 Å². The van der Waals surface area contributed by atoms with E-state index in [1.54, 1.807) is 16.0 Å². The van der Waals surface area contributed by atoms with Crippen LogP contribution in [0, 0.1) is 12.3 Å². The van der Waals surface area contributed by atoms with Gasteiger partial charge in [0.15, 0.2) is 0 Å². The first kappa shape index (κ1) is 26.3. The number of allylic oxidation sites excluding steroid dienone is 3. The van der Waals surface area contributed by atoms with Crippen molar-refractivity contribution in [2.24, 2.45) is 0 Å². The Balaban J connectivity index is 1.50. The quantitative estimate of drug-likeness (QED) is 0.358. The van der Waals surface area contributed by atoms with Gasteiger partial charge in [-0.3, -0.25) is 9.80 Å². The lowest BCUT2D eigenvalue weighted by atomic mass is 10.1. The van der Waals surface area contributed by atoms with Crippen LogP contribution in [0.5, 0.6) is 5.75 Å². The van der Waals surface area contributed by atoms with Crippen LogP contribution < -0.4 is 19.9 Å². The van der Waals surface area contributed by atoms with Gasteiger partial charge in [0.2, 0.25) is 5.95 Å². The van der Waals surface area contributed by atoms with Crippen LogP contribution in [0.25, 0.3) is 0 Å². The topological polar surface area (TPSA) is 77.1 Å². The van der Waals surface area contributed by atoms with Gasteiger partial charge < -0.3 is 19.9 Å². The van der Waals surface area contributed by atoms with E-state index in [4.69, 9.17) is 16.1 Å². The number of aromatic nitrogens is 2. The minimum absolute atomic E-state index is 0.184. The van der Waals surface area contributed by atoms with Gasteiger partial charge in [0, 0.05) is 61.8 Å². The highest BCUT2D eigenvalue weighted by atomic mass is 16.5. The van der Waals surface area contributed by atoms with E-state index < -0.39 is 0 Å². The van der Waals surface area contributed by atoms with Crippen molar-refractivity contribution in [3.8, 4) is 18.1 Å². The lowest BCUT2D eigenvalue weighted by Crippen LogP contribution is -2.47. The molecule has 0 aliphatic carbocycles. The number of nitrogens with one attached hydrogen (secondary N) is 1. The summed E-state index contributed by atoms with van der Waals surface area (Å²) in [5, 5.41) is 3.31. The molecule has 1 fully saturated rings. The zero-order valence-electron chi connectivity index (χ0n) is 23.1. The Labute approximate surface area is 230 Å². The Hall–Kier alpha value is -4.29. The molecule has 2 aromatic rings. The number of ether oxygens (including phenoxy) is 1. The molecule has 3 aliphatic heterocycles. The second kappa shape index (κ2) is 11.2. The number of carbonyl (C=O) groups is 1. The highest BCUT2D eigenvalue weighted by Gasteiger charge is 2.34. The first-order valence-electron chi connectivity index (χ1n) is 13.3. The molecule has 2 amide bonds. The Morgan fingerprint density at radius 3 is 2.72 bits per heavy atom. The van der Waals surface area contributed by atoms with Gasteiger partial charge in [0.1, 0.15) is 18.2 Å². The molecule has 9 heteroatoms. The first-order valence-corrected chi connectivity index (χ1v) is 13.3. The zero-order chi connectivity index (χ0) is 27.5. The number of rotatable bonds is 3. The largest absolute Gasteiger partial charge is 0.487 e. The van der Waals surface area contributed by atoms with Crippen LogP contribution in [0.15, 0.2) is 59.5 Å². The van der Waals surface area contributed by atoms with Crippen molar-refractivity contribution in [2.75, 3.05) is 61.5 Å². The van der Waals surface area contributed by atoms with Crippen LogP contribution in [0.1, 0.15) is 26.3 Å². The Bertz CT molecular complexity index is 1400. The number of piperazine rings is 1. The molecule has 5 rings (SSSR count). The maximum Gasteiger partial charge on any atom is 0.330 e. The standard InChI is InChI=1S/C30H35N7O2/c1-6-21(3)27(22(4)7-2)37-20-23-19-31-29-32-24-10-11-25(35-15-13-34(5)14-16-35)26(18-24)39-17-9-8-12-36(30(37)38)28(23)33-29/h1,7-11,18-19H,12-17,20H2,2-5H3,(H,31,32,33)/b9-8+,22-7-,27-21+. The molecule has 1 saturated heterocycles. The average Bonchev–Trinajstić information content (AvgIpc) is 2.95. The smallest absolute Gasteiger partial charge is 0.330 e. The number of carbonyl (C=O) groups excluding carboxylic acids is 1. The van der Waals surface area contributed by atoms with Crippen LogP contribution in [0.4, 0.5) is 27.9 Å². The van der Waals surface area contributed by atoms with Gasteiger partial charge in [0.25, 0.3) is 0 Å². The first-order chi connectivity index (χ1) is 18.9. The normalized spacial score (nSPS) is 19.5. The predicted molar refractivity (Wildman–Crippen MR) is 155 cm³/mol. The van der Waals surface area contributed by atoms with Crippen molar-refractivity contribution in [1.82, 2.24) is 19.8 Å². The molecular weight excluding hydrogens is 490 g/mol. The second-order valence-corrected chi connectivity index (χ2v) is 9.99. The lowest BCUT2D eigenvalue weighted by molar-refractivity contribution is 0.213. The number of likely N-dealkylation sites (N-methyl/N-ethyl adjacent to an activating group) is 1. The van der Waals surface area contributed by atoms with E-state index in [1.165, 1.54) is 0 Å². The van der Waals surface area contributed by atoms with Crippen LogP contribution >= 0.6 is 0 Å². The van der Waals surface area contributed by atoms with Crippen LogP contribution in [-0.4, -0.2) is 72.2 Å². The lowest BCUT2D eigenvalue weighted by Gasteiger charge is -2.37. The Kier molecular flexibility index (Phi) is 7.57. The van der Waals surface area contributed by atoms with Crippen LogP contribution in [0.3, 0.4) is 0 Å². The summed E-state index contributed by atoms with van der Waals surface area (Å²) in [6.07, 6.45) is 13.4. The average molecular weight is 526 g/mol. The number of amides is 2. The summed E-state index contributed by atoms with van der Waals surface area (Å²) < 4.78 is 6.24. The molecule has 202 valence electrons. The van der Waals surface area contributed by atoms with E-state index in [0.717, 1.165) is 60.1 Å². The monoisotopic (exact) mass is 525 g/mol. The molecule has 1 aromatic carbocycles. The fourth-order valence-corrected chi connectivity index (χ4v) is 5.06. The molecule has 1 N–H and O–H groups in total. The second-order valence-electron chi connectivity index (χ2n) is 9.99. The number of anilines is 4. The van der Waals surface area contributed by atoms with Gasteiger partial charge >= 0.3 is 6.03 Å². The minimum Gasteiger partial charge on any atom is -0.487 e. The Morgan fingerprint density at radius 2 is 1.97 bits per heavy atom. The number of urea groups is 1. The summed E-state index contributed by atoms with van der Waals surface area (Å²) >= 11 is 0. The van der Waals surface area contributed by atoms with E-state index in [9.17, 15) is 4.79 Å². The summed E-state index contributed by atoms with van der Waals surface area (Å²) in [4.78, 5) is 31.3. The maximum atomic E-state index is 13.9. The van der Waals surface area contributed by atoms with Crippen molar-refractivity contribution in [3.63, 3.8) is 0 Å². The fourth-order valence-electron chi connectivity index (χ4n) is 5.06. The van der Waals surface area contributed by atoms with Gasteiger partial charge in [0.05, 0.1) is 17.9 Å². The van der Waals surface area contributed by atoms with E-state index in [-0.39, 0.29) is 6.03 Å². The predicted octanol–water partition coefficient (Wildman–Crippen LogP) is 4.54. The van der Waals surface area contributed by atoms with E-state index in [0.29, 0.717) is 37.0 Å². The molecule has 9 nitrogen and oxygen atoms in total. The summed E-state index contributed by atoms with van der Waals surface area (Å²) in [7, 11) is 2.15. The number of fused-ring (bicyclic) bond motifs is 3. The number of nitrogens with zero attached hydrogens (tertiary/aromatic N) is 6. The summed E-state index contributed by atoms with van der Waals surface area (Å²) in [6, 6.07) is 5.91. The summed E-state index contributed by atoms with van der Waals surface area (Å²) in [6.45, 7) is 10.7. The SMILES string of the molecule is C#C/C(C)=C(\C(C)=C/C)N1Cc2cnc3nc2N(C/C=C/COc2cc(ccc2N2CCN(C)CC2)N3)C1=O. The van der Waals surface area contributed by atoms with Crippen molar-refractivity contribution in [1.29, 1.82) is 0 Å². The molecule has 0 atom stereocenters. The molecule has 0 radical (unpaired) electrons. The molecule has 39 heavy (non-hydrogen) atoms. The van der Waals surface area contributed by atoms with Crippen LogP contribution in [-0.2, 0) is 6.54 Å². The molecular formula is C30H35N7O2. The highest BCUT2D eigenvalue weighted by Crippen LogP contribution is 2.35. The molecule has 3 aliphatic rings. The van der Waals surface area contributed by atoms with Crippen molar-refractivity contribution >= 4 is 29.2 Å². The van der Waals surface area contributed by atoms with Crippen LogP contribution in [0.2, 0.25) is 0 Å². The molecule has 0 spiro atoms. The number of terminal acetylenes is 1. The minimum atomic E-state index is -0.184. The third-order valence-electron chi connectivity index (χ3n) is 7.39. The zero-order valence-corrected chi connectivity index (χ0v) is 23.1. The third kappa shape index (κ3) is 5.33. The highest BCUT2D eigenvalue weighted by molar-refractivity contribution is 5.96. The van der Waals surface area contributed by atoms with Crippen molar-refractivity contribution < 1.29 is 9.53 Å². The van der Waals surface area contributed by atoms with E-state index >= 15 is 0 Å².